The number of hydrogen-bond donors (Lipinski definition) is 1. The molecule has 7 nitrogen and oxygen atoms in total. The fourth-order valence-electron chi connectivity index (χ4n) is 1.20. The predicted molar refractivity (Wildman–Crippen MR) is 58.9 cm³/mol. The van der Waals surface area contributed by atoms with E-state index in [0.717, 1.165) is 0 Å². The van der Waals surface area contributed by atoms with Crippen molar-refractivity contribution in [1.29, 1.82) is 0 Å². The fraction of sp³-hybridized carbons (Fsp3) is 0.600. The Balaban J connectivity index is 2.27. The van der Waals surface area contributed by atoms with Gasteiger partial charge in [0.2, 0.25) is 5.91 Å². The van der Waals surface area contributed by atoms with Crippen molar-refractivity contribution in [2.75, 3.05) is 6.61 Å². The average molecular weight is 240 g/mol. The summed E-state index contributed by atoms with van der Waals surface area (Å²) in [5.74, 6) is -0.650. The normalized spacial score (nSPS) is 11.9. The van der Waals surface area contributed by atoms with Crippen molar-refractivity contribution < 1.29 is 14.3 Å². The second kappa shape index (κ2) is 6.62. The highest BCUT2D eigenvalue weighted by atomic mass is 16.5. The number of aryl methyl sites for hydroxylation is 1. The highest BCUT2D eigenvalue weighted by molar-refractivity contribution is 5.84. The molecule has 1 N–H and O–H groups in total. The Labute approximate surface area is 99.2 Å². The molecule has 17 heavy (non-hydrogen) atoms. The molecule has 0 saturated heterocycles. The molecular weight excluding hydrogens is 224 g/mol. The fourth-order valence-corrected chi connectivity index (χ4v) is 1.20. The summed E-state index contributed by atoms with van der Waals surface area (Å²) in [4.78, 5) is 26.5. The lowest BCUT2D eigenvalue weighted by Crippen LogP contribution is -2.39. The van der Waals surface area contributed by atoms with Crippen molar-refractivity contribution in [3.8, 4) is 0 Å². The summed E-state index contributed by atoms with van der Waals surface area (Å²) in [7, 11) is 0. The Kier molecular flexibility index (Phi) is 5.12. The summed E-state index contributed by atoms with van der Waals surface area (Å²) in [6.07, 6.45) is 3.17. The van der Waals surface area contributed by atoms with Crippen LogP contribution in [0, 0.1) is 0 Å². The van der Waals surface area contributed by atoms with E-state index in [1.165, 1.54) is 12.7 Å². The third-order valence-corrected chi connectivity index (χ3v) is 2.05. The lowest BCUT2D eigenvalue weighted by Gasteiger charge is -2.12. The summed E-state index contributed by atoms with van der Waals surface area (Å²) < 4.78 is 6.32. The van der Waals surface area contributed by atoms with Crippen molar-refractivity contribution >= 4 is 11.9 Å². The van der Waals surface area contributed by atoms with Gasteiger partial charge in [-0.3, -0.25) is 9.48 Å². The Hall–Kier alpha value is -1.92. The van der Waals surface area contributed by atoms with E-state index in [9.17, 15) is 9.59 Å². The molecule has 0 aromatic carbocycles. The summed E-state index contributed by atoms with van der Waals surface area (Å²) in [6.45, 7) is 4.04. The maximum Gasteiger partial charge on any atom is 0.328 e. The Bertz CT molecular complexity index is 364. The highest BCUT2D eigenvalue weighted by Gasteiger charge is 2.16. The summed E-state index contributed by atoms with van der Waals surface area (Å²) in [6, 6.07) is -0.627. The van der Waals surface area contributed by atoms with Gasteiger partial charge in [0.15, 0.2) is 0 Å². The molecule has 0 aliphatic heterocycles. The van der Waals surface area contributed by atoms with E-state index in [1.54, 1.807) is 18.5 Å². The first-order chi connectivity index (χ1) is 8.13. The molecule has 1 amide bonds. The van der Waals surface area contributed by atoms with Crippen LogP contribution in [0.1, 0.15) is 20.3 Å². The number of rotatable bonds is 6. The molecule has 1 rings (SSSR count). The van der Waals surface area contributed by atoms with Crippen LogP contribution < -0.4 is 5.32 Å². The van der Waals surface area contributed by atoms with Gasteiger partial charge in [0, 0.05) is 6.42 Å². The number of aromatic nitrogens is 3. The largest absolute Gasteiger partial charge is 0.464 e. The third kappa shape index (κ3) is 4.62. The number of carbonyl (C=O) groups excluding carboxylic acids is 2. The minimum atomic E-state index is -0.627. The van der Waals surface area contributed by atoms with Crippen LogP contribution in [0.4, 0.5) is 0 Å². The van der Waals surface area contributed by atoms with Crippen molar-refractivity contribution in [2.45, 2.75) is 32.9 Å². The van der Waals surface area contributed by atoms with E-state index in [-0.39, 0.29) is 12.3 Å². The van der Waals surface area contributed by atoms with Gasteiger partial charge in [-0.25, -0.2) is 9.78 Å². The average Bonchev–Trinajstić information content (AvgIpc) is 2.79. The molecule has 0 aliphatic carbocycles. The maximum absolute atomic E-state index is 11.5. The molecule has 0 spiro atoms. The molecule has 1 unspecified atom stereocenters. The number of hydrogen-bond acceptors (Lipinski definition) is 5. The van der Waals surface area contributed by atoms with E-state index in [4.69, 9.17) is 4.74 Å². The molecule has 0 fully saturated rings. The molecular formula is C10H16N4O3. The summed E-state index contributed by atoms with van der Waals surface area (Å²) in [5, 5.41) is 6.42. The van der Waals surface area contributed by atoms with E-state index < -0.39 is 12.0 Å². The molecule has 0 saturated carbocycles. The van der Waals surface area contributed by atoms with Gasteiger partial charge in [0.05, 0.1) is 13.2 Å². The molecule has 0 aliphatic rings. The van der Waals surface area contributed by atoms with Crippen LogP contribution in [0.2, 0.25) is 0 Å². The first-order valence-electron chi connectivity index (χ1n) is 5.42. The number of esters is 1. The van der Waals surface area contributed by atoms with E-state index >= 15 is 0 Å². The molecule has 1 aromatic heterocycles. The summed E-state index contributed by atoms with van der Waals surface area (Å²) >= 11 is 0. The minimum absolute atomic E-state index is 0.221. The number of carbonyl (C=O) groups is 2. The van der Waals surface area contributed by atoms with Gasteiger partial charge in [-0.1, -0.05) is 0 Å². The van der Waals surface area contributed by atoms with Crippen LogP contribution in [0.5, 0.6) is 0 Å². The van der Waals surface area contributed by atoms with Crippen molar-refractivity contribution in [3.63, 3.8) is 0 Å². The lowest BCUT2D eigenvalue weighted by molar-refractivity contribution is -0.146. The molecule has 0 bridgehead atoms. The van der Waals surface area contributed by atoms with Crippen molar-refractivity contribution in [2.24, 2.45) is 0 Å². The van der Waals surface area contributed by atoms with Crippen molar-refractivity contribution in [3.05, 3.63) is 12.7 Å². The Morgan fingerprint density at radius 1 is 1.53 bits per heavy atom. The van der Waals surface area contributed by atoms with Crippen LogP contribution in [0.3, 0.4) is 0 Å². The first kappa shape index (κ1) is 13.1. The van der Waals surface area contributed by atoms with Gasteiger partial charge in [0.1, 0.15) is 18.7 Å². The van der Waals surface area contributed by atoms with Crippen LogP contribution in [-0.2, 0) is 20.9 Å². The monoisotopic (exact) mass is 240 g/mol. The Morgan fingerprint density at radius 2 is 2.29 bits per heavy atom. The van der Waals surface area contributed by atoms with Gasteiger partial charge in [-0.15, -0.1) is 0 Å². The van der Waals surface area contributed by atoms with Crippen LogP contribution in [0.15, 0.2) is 12.7 Å². The standard InChI is InChI=1S/C10H16N4O3/c1-3-17-10(16)8(2)13-9(15)4-5-14-7-11-6-12-14/h6-8H,3-5H2,1-2H3,(H,13,15). The van der Waals surface area contributed by atoms with Crippen LogP contribution in [0.25, 0.3) is 0 Å². The van der Waals surface area contributed by atoms with E-state index in [0.29, 0.717) is 13.2 Å². The molecule has 0 radical (unpaired) electrons. The minimum Gasteiger partial charge on any atom is -0.464 e. The second-order valence-corrected chi connectivity index (χ2v) is 3.45. The topological polar surface area (TPSA) is 86.1 Å². The Morgan fingerprint density at radius 3 is 2.88 bits per heavy atom. The maximum atomic E-state index is 11.5. The molecule has 7 heteroatoms. The molecule has 94 valence electrons. The SMILES string of the molecule is CCOC(=O)C(C)NC(=O)CCn1cncn1. The number of ether oxygens (including phenoxy) is 1. The van der Waals surface area contributed by atoms with Crippen LogP contribution >= 0.6 is 0 Å². The zero-order valence-corrected chi connectivity index (χ0v) is 9.92. The van der Waals surface area contributed by atoms with E-state index in [1.807, 2.05) is 0 Å². The zero-order chi connectivity index (χ0) is 12.7. The van der Waals surface area contributed by atoms with Gasteiger partial charge in [0.25, 0.3) is 0 Å². The smallest absolute Gasteiger partial charge is 0.328 e. The highest BCUT2D eigenvalue weighted by Crippen LogP contribution is 1.92. The van der Waals surface area contributed by atoms with Gasteiger partial charge in [-0.05, 0) is 13.8 Å². The molecule has 1 atom stereocenters. The zero-order valence-electron chi connectivity index (χ0n) is 9.92. The third-order valence-electron chi connectivity index (χ3n) is 2.05. The predicted octanol–water partition coefficient (Wildman–Crippen LogP) is -0.264. The first-order valence-corrected chi connectivity index (χ1v) is 5.42. The lowest BCUT2D eigenvalue weighted by atomic mass is 10.3. The van der Waals surface area contributed by atoms with Gasteiger partial charge >= 0.3 is 5.97 Å². The van der Waals surface area contributed by atoms with Gasteiger partial charge in [-0.2, -0.15) is 5.10 Å². The molecule has 1 heterocycles. The summed E-state index contributed by atoms with van der Waals surface area (Å²) in [5.41, 5.74) is 0. The number of nitrogens with one attached hydrogen (secondary N) is 1. The second-order valence-electron chi connectivity index (χ2n) is 3.45. The number of nitrogens with zero attached hydrogens (tertiary/aromatic N) is 3. The quantitative estimate of drug-likeness (QED) is 0.692. The van der Waals surface area contributed by atoms with Gasteiger partial charge < -0.3 is 10.1 Å². The van der Waals surface area contributed by atoms with E-state index in [2.05, 4.69) is 15.4 Å². The van der Waals surface area contributed by atoms with Crippen molar-refractivity contribution in [1.82, 2.24) is 20.1 Å². The van der Waals surface area contributed by atoms with Crippen LogP contribution in [-0.4, -0.2) is 39.3 Å². The number of amides is 1. The molecule has 1 aromatic rings.